The molecule has 1 heterocycles. The van der Waals surface area contributed by atoms with Crippen LogP contribution in [0.4, 0.5) is 11.4 Å². The van der Waals surface area contributed by atoms with E-state index in [1.54, 1.807) is 25.1 Å². The molecule has 2 aromatic carbocycles. The van der Waals surface area contributed by atoms with Crippen LogP contribution in [0, 0.1) is 17.0 Å². The zero-order valence-corrected chi connectivity index (χ0v) is 14.7. The highest BCUT2D eigenvalue weighted by atomic mass is 79.9. The van der Waals surface area contributed by atoms with Crippen LogP contribution in [0.25, 0.3) is 0 Å². The average molecular weight is 405 g/mol. The molecular formula is C17H13BrN2O5. The maximum absolute atomic E-state index is 12.6. The molecule has 3 rings (SSSR count). The number of nitrogens with zero attached hydrogens (tertiary/aromatic N) is 1. The number of carbonyl (C=O) groups is 2. The lowest BCUT2D eigenvalue weighted by molar-refractivity contribution is -0.385. The number of nitro benzene ring substituents is 1. The minimum Gasteiger partial charge on any atom is -0.375 e. The summed E-state index contributed by atoms with van der Waals surface area (Å²) in [5.74, 6) is -1.26. The van der Waals surface area contributed by atoms with Gasteiger partial charge in [-0.05, 0) is 25.1 Å². The van der Waals surface area contributed by atoms with Crippen molar-refractivity contribution in [1.29, 1.82) is 0 Å². The number of benzene rings is 2. The number of halogens is 1. The topological polar surface area (TPSA) is 110 Å². The third-order valence-corrected chi connectivity index (χ3v) is 4.69. The van der Waals surface area contributed by atoms with Crippen LogP contribution in [0.3, 0.4) is 0 Å². The molecule has 1 amide bonds. The molecule has 2 N–H and O–H groups in total. The Morgan fingerprint density at radius 3 is 2.72 bits per heavy atom. The van der Waals surface area contributed by atoms with E-state index in [2.05, 4.69) is 21.2 Å². The quantitative estimate of drug-likeness (QED) is 0.462. The van der Waals surface area contributed by atoms with Crippen LogP contribution in [0.1, 0.15) is 27.9 Å². The van der Waals surface area contributed by atoms with Crippen LogP contribution in [0.5, 0.6) is 0 Å². The van der Waals surface area contributed by atoms with Crippen molar-refractivity contribution in [3.05, 3.63) is 67.7 Å². The summed E-state index contributed by atoms with van der Waals surface area (Å²) in [4.78, 5) is 35.2. The Bertz CT molecular complexity index is 927. The van der Waals surface area contributed by atoms with Gasteiger partial charge in [0.25, 0.3) is 11.6 Å². The van der Waals surface area contributed by atoms with Crippen molar-refractivity contribution < 1.29 is 19.6 Å². The minimum absolute atomic E-state index is 0.0713. The lowest BCUT2D eigenvalue weighted by Crippen LogP contribution is -2.36. The summed E-state index contributed by atoms with van der Waals surface area (Å²) in [6.45, 7) is 1.57. The predicted octanol–water partition coefficient (Wildman–Crippen LogP) is 3.08. The zero-order valence-electron chi connectivity index (χ0n) is 13.1. The second-order valence-electron chi connectivity index (χ2n) is 5.86. The number of nitro groups is 1. The van der Waals surface area contributed by atoms with Crippen LogP contribution < -0.4 is 5.32 Å². The molecule has 0 radical (unpaired) electrons. The first-order valence-corrected chi connectivity index (χ1v) is 8.14. The fraction of sp³-hybridized carbons (Fsp3) is 0.176. The van der Waals surface area contributed by atoms with Gasteiger partial charge in [0.05, 0.1) is 11.3 Å². The second kappa shape index (κ2) is 6.05. The van der Waals surface area contributed by atoms with Crippen molar-refractivity contribution in [1.82, 2.24) is 0 Å². The Hall–Kier alpha value is -2.58. The molecule has 0 spiro atoms. The number of aliphatic hydroxyl groups is 1. The number of anilines is 1. The summed E-state index contributed by atoms with van der Waals surface area (Å²) < 4.78 is 0.652. The van der Waals surface area contributed by atoms with Crippen molar-refractivity contribution >= 4 is 39.0 Å². The highest BCUT2D eigenvalue weighted by molar-refractivity contribution is 9.10. The van der Waals surface area contributed by atoms with Crippen LogP contribution in [-0.4, -0.2) is 21.7 Å². The number of Topliss-reactive ketones (excluding diaryl/α,β-unsaturated/α-hetero) is 1. The number of nitrogens with one attached hydrogen (secondary N) is 1. The van der Waals surface area contributed by atoms with Gasteiger partial charge in [-0.2, -0.15) is 0 Å². The van der Waals surface area contributed by atoms with E-state index in [0.29, 0.717) is 21.3 Å². The molecule has 0 saturated carbocycles. The maximum atomic E-state index is 12.6. The molecule has 8 heteroatoms. The first-order valence-electron chi connectivity index (χ1n) is 7.34. The molecule has 128 valence electrons. The van der Waals surface area contributed by atoms with E-state index < -0.39 is 28.6 Å². The van der Waals surface area contributed by atoms with Crippen LogP contribution in [0.2, 0.25) is 0 Å². The Kier molecular flexibility index (Phi) is 4.18. The van der Waals surface area contributed by atoms with E-state index in [1.807, 2.05) is 0 Å². The number of carbonyl (C=O) groups excluding carboxylic acids is 2. The fourth-order valence-corrected chi connectivity index (χ4v) is 3.17. The summed E-state index contributed by atoms with van der Waals surface area (Å²) in [5, 5.41) is 24.4. The molecule has 0 aromatic heterocycles. The molecule has 0 bridgehead atoms. The van der Waals surface area contributed by atoms with Crippen LogP contribution >= 0.6 is 15.9 Å². The molecule has 0 fully saturated rings. The molecule has 7 nitrogen and oxygen atoms in total. The van der Waals surface area contributed by atoms with Gasteiger partial charge in [-0.25, -0.2) is 0 Å². The first kappa shape index (κ1) is 17.2. The summed E-state index contributed by atoms with van der Waals surface area (Å²) in [5.41, 5.74) is -0.984. The SMILES string of the molecule is Cc1ccc(C(=O)C[C@@]2(O)C(=O)Nc3ccc(Br)cc32)cc1[N+](=O)[O-]. The van der Waals surface area contributed by atoms with Crippen molar-refractivity contribution in [3.63, 3.8) is 0 Å². The van der Waals surface area contributed by atoms with Gasteiger partial charge < -0.3 is 10.4 Å². The molecule has 0 saturated heterocycles. The number of rotatable bonds is 4. The summed E-state index contributed by atoms with van der Waals surface area (Å²) in [6, 6.07) is 8.97. The third-order valence-electron chi connectivity index (χ3n) is 4.20. The van der Waals surface area contributed by atoms with Gasteiger partial charge in [-0.15, -0.1) is 0 Å². The number of aryl methyl sites for hydroxylation is 1. The molecule has 1 aliphatic rings. The predicted molar refractivity (Wildman–Crippen MR) is 93.4 cm³/mol. The fourth-order valence-electron chi connectivity index (χ4n) is 2.81. The van der Waals surface area contributed by atoms with E-state index in [4.69, 9.17) is 0 Å². The number of hydrogen-bond acceptors (Lipinski definition) is 5. The Morgan fingerprint density at radius 2 is 2.04 bits per heavy atom. The average Bonchev–Trinajstić information content (AvgIpc) is 2.78. The van der Waals surface area contributed by atoms with Gasteiger partial charge in [0.15, 0.2) is 11.4 Å². The van der Waals surface area contributed by atoms with E-state index in [9.17, 15) is 24.8 Å². The Labute approximate surface area is 150 Å². The van der Waals surface area contributed by atoms with Gasteiger partial charge in [-0.3, -0.25) is 19.7 Å². The van der Waals surface area contributed by atoms with E-state index in [1.165, 1.54) is 12.1 Å². The summed E-state index contributed by atoms with van der Waals surface area (Å²) >= 11 is 3.27. The van der Waals surface area contributed by atoms with Gasteiger partial charge >= 0.3 is 0 Å². The molecule has 25 heavy (non-hydrogen) atoms. The van der Waals surface area contributed by atoms with Gasteiger partial charge in [0.2, 0.25) is 0 Å². The van der Waals surface area contributed by atoms with Crippen LogP contribution in [0.15, 0.2) is 40.9 Å². The van der Waals surface area contributed by atoms with Crippen LogP contribution in [-0.2, 0) is 10.4 Å². The molecule has 2 aromatic rings. The number of hydrogen-bond donors (Lipinski definition) is 2. The lowest BCUT2D eigenvalue weighted by Gasteiger charge is -2.20. The summed E-state index contributed by atoms with van der Waals surface area (Å²) in [7, 11) is 0. The second-order valence-corrected chi connectivity index (χ2v) is 6.78. The third kappa shape index (κ3) is 2.94. The maximum Gasteiger partial charge on any atom is 0.273 e. The highest BCUT2D eigenvalue weighted by Crippen LogP contribution is 2.40. The van der Waals surface area contributed by atoms with Crippen molar-refractivity contribution in [2.24, 2.45) is 0 Å². The van der Waals surface area contributed by atoms with E-state index in [0.717, 1.165) is 6.07 Å². The summed E-state index contributed by atoms with van der Waals surface area (Å²) in [6.07, 6.45) is -0.511. The minimum atomic E-state index is -2.02. The Morgan fingerprint density at radius 1 is 1.32 bits per heavy atom. The van der Waals surface area contributed by atoms with Gasteiger partial charge in [-0.1, -0.05) is 28.1 Å². The first-order chi connectivity index (χ1) is 11.7. The standard InChI is InChI=1S/C17H13BrN2O5/c1-9-2-3-10(6-14(9)20(24)25)15(21)8-17(23)12-7-11(18)4-5-13(12)19-16(17)22/h2-7,23H,8H2,1H3,(H,19,22)/t17-/m0/s1. The molecule has 0 aliphatic carbocycles. The monoisotopic (exact) mass is 404 g/mol. The zero-order chi connectivity index (χ0) is 18.4. The lowest BCUT2D eigenvalue weighted by atomic mass is 9.88. The normalized spacial score (nSPS) is 18.6. The highest BCUT2D eigenvalue weighted by Gasteiger charge is 2.47. The number of ketones is 1. The largest absolute Gasteiger partial charge is 0.375 e. The van der Waals surface area contributed by atoms with Crippen molar-refractivity contribution in [2.45, 2.75) is 18.9 Å². The van der Waals surface area contributed by atoms with E-state index >= 15 is 0 Å². The van der Waals surface area contributed by atoms with Crippen molar-refractivity contribution in [3.8, 4) is 0 Å². The van der Waals surface area contributed by atoms with E-state index in [-0.39, 0.29) is 11.3 Å². The molecule has 0 unspecified atom stereocenters. The number of fused-ring (bicyclic) bond motifs is 1. The molecule has 1 aliphatic heterocycles. The smallest absolute Gasteiger partial charge is 0.273 e. The molecular weight excluding hydrogens is 392 g/mol. The van der Waals surface area contributed by atoms with Gasteiger partial charge in [0, 0.05) is 32.9 Å². The number of amides is 1. The van der Waals surface area contributed by atoms with Crippen molar-refractivity contribution in [2.75, 3.05) is 5.32 Å². The van der Waals surface area contributed by atoms with Gasteiger partial charge in [0.1, 0.15) is 0 Å². The molecule has 1 atom stereocenters. The Balaban J connectivity index is 1.96.